The van der Waals surface area contributed by atoms with Crippen molar-refractivity contribution in [2.24, 2.45) is 0 Å². The number of sulfonamides is 1. The van der Waals surface area contributed by atoms with Gasteiger partial charge in [-0.1, -0.05) is 19.1 Å². The van der Waals surface area contributed by atoms with Crippen LogP contribution >= 0.6 is 0 Å². The molecule has 0 unspecified atom stereocenters. The van der Waals surface area contributed by atoms with Gasteiger partial charge in [-0.25, -0.2) is 12.7 Å². The molecule has 21 heavy (non-hydrogen) atoms. The number of nitrogens with zero attached hydrogens (tertiary/aromatic N) is 1. The van der Waals surface area contributed by atoms with Gasteiger partial charge in [0.2, 0.25) is 10.0 Å². The molecule has 1 aliphatic rings. The maximum atomic E-state index is 11.4. The van der Waals surface area contributed by atoms with Crippen LogP contribution in [0.4, 0.5) is 0 Å². The minimum Gasteiger partial charge on any atom is -0.493 e. The van der Waals surface area contributed by atoms with E-state index in [-0.39, 0.29) is 0 Å². The number of ether oxygens (including phenoxy) is 1. The van der Waals surface area contributed by atoms with Gasteiger partial charge in [-0.15, -0.1) is 0 Å². The molecule has 1 aromatic carbocycles. The zero-order valence-corrected chi connectivity index (χ0v) is 13.6. The lowest BCUT2D eigenvalue weighted by atomic mass is 10.1. The van der Waals surface area contributed by atoms with Crippen molar-refractivity contribution in [3.05, 3.63) is 29.3 Å². The minimum atomic E-state index is -3.07. The highest BCUT2D eigenvalue weighted by atomic mass is 32.2. The number of hydrogen-bond donors (Lipinski definition) is 1. The van der Waals surface area contributed by atoms with Crippen molar-refractivity contribution in [3.8, 4) is 5.75 Å². The molecule has 0 bridgehead atoms. The van der Waals surface area contributed by atoms with E-state index in [9.17, 15) is 8.42 Å². The first-order chi connectivity index (χ1) is 10.0. The van der Waals surface area contributed by atoms with Crippen LogP contribution in [0, 0.1) is 0 Å². The van der Waals surface area contributed by atoms with Crippen molar-refractivity contribution in [1.82, 2.24) is 9.62 Å². The Morgan fingerprint density at radius 2 is 2.19 bits per heavy atom. The number of hydrogen-bond acceptors (Lipinski definition) is 4. The smallest absolute Gasteiger partial charge is 0.211 e. The summed E-state index contributed by atoms with van der Waals surface area (Å²) in [6, 6.07) is 6.29. The van der Waals surface area contributed by atoms with Crippen molar-refractivity contribution in [2.75, 3.05) is 32.5 Å². The molecule has 0 saturated heterocycles. The maximum Gasteiger partial charge on any atom is 0.211 e. The molecule has 1 aromatic rings. The van der Waals surface area contributed by atoms with Gasteiger partial charge >= 0.3 is 0 Å². The van der Waals surface area contributed by atoms with E-state index in [1.165, 1.54) is 21.7 Å². The zero-order chi connectivity index (χ0) is 15.3. The van der Waals surface area contributed by atoms with Crippen molar-refractivity contribution in [3.63, 3.8) is 0 Å². The summed E-state index contributed by atoms with van der Waals surface area (Å²) in [6.07, 6.45) is 3.06. The molecule has 0 aromatic heterocycles. The van der Waals surface area contributed by atoms with Gasteiger partial charge in [0.15, 0.2) is 0 Å². The van der Waals surface area contributed by atoms with Crippen LogP contribution in [0.5, 0.6) is 5.75 Å². The number of fused-ring (bicyclic) bond motifs is 1. The van der Waals surface area contributed by atoms with Gasteiger partial charge < -0.3 is 10.1 Å². The van der Waals surface area contributed by atoms with Crippen molar-refractivity contribution in [2.45, 2.75) is 26.3 Å². The first-order valence-corrected chi connectivity index (χ1v) is 9.26. The predicted octanol–water partition coefficient (Wildman–Crippen LogP) is 1.38. The van der Waals surface area contributed by atoms with E-state index >= 15 is 0 Å². The summed E-state index contributed by atoms with van der Waals surface area (Å²) in [4.78, 5) is 0. The molecule has 118 valence electrons. The van der Waals surface area contributed by atoms with Gasteiger partial charge in [-0.3, -0.25) is 0 Å². The Labute approximate surface area is 127 Å². The standard InChI is InChI=1S/C15H24N2O3S/c1-3-17(21(2,18)19)9-4-8-16-12-13-5-6-15-14(11-13)7-10-20-15/h5-6,11,16H,3-4,7-10,12H2,1-2H3. The van der Waals surface area contributed by atoms with E-state index < -0.39 is 10.0 Å². The Bertz CT molecular complexity index is 572. The van der Waals surface area contributed by atoms with Gasteiger partial charge in [0.1, 0.15) is 5.75 Å². The molecular formula is C15H24N2O3S. The van der Waals surface area contributed by atoms with Gasteiger partial charge in [0.05, 0.1) is 12.9 Å². The highest BCUT2D eigenvalue weighted by molar-refractivity contribution is 7.88. The van der Waals surface area contributed by atoms with Crippen LogP contribution in [0.25, 0.3) is 0 Å². The fraction of sp³-hybridized carbons (Fsp3) is 0.600. The molecule has 1 aliphatic heterocycles. The second kappa shape index (κ2) is 7.24. The van der Waals surface area contributed by atoms with Crippen LogP contribution < -0.4 is 10.1 Å². The van der Waals surface area contributed by atoms with Gasteiger partial charge in [-0.05, 0) is 30.2 Å². The third-order valence-electron chi connectivity index (χ3n) is 3.67. The van der Waals surface area contributed by atoms with E-state index in [0.29, 0.717) is 13.1 Å². The van der Waals surface area contributed by atoms with Crippen molar-refractivity contribution in [1.29, 1.82) is 0 Å². The highest BCUT2D eigenvalue weighted by Crippen LogP contribution is 2.25. The first kappa shape index (κ1) is 16.3. The average molecular weight is 312 g/mol. The molecule has 0 spiro atoms. The Kier molecular flexibility index (Phi) is 5.61. The van der Waals surface area contributed by atoms with E-state index in [4.69, 9.17) is 4.74 Å². The Hall–Kier alpha value is -1.11. The monoisotopic (exact) mass is 312 g/mol. The summed E-state index contributed by atoms with van der Waals surface area (Å²) in [7, 11) is -3.07. The molecular weight excluding hydrogens is 288 g/mol. The lowest BCUT2D eigenvalue weighted by Crippen LogP contribution is -2.32. The van der Waals surface area contributed by atoms with E-state index in [2.05, 4.69) is 17.4 Å². The predicted molar refractivity (Wildman–Crippen MR) is 84.1 cm³/mol. The molecule has 0 fully saturated rings. The lowest BCUT2D eigenvalue weighted by Gasteiger charge is -2.17. The Morgan fingerprint density at radius 1 is 1.38 bits per heavy atom. The molecule has 2 rings (SSSR count). The molecule has 0 aliphatic carbocycles. The lowest BCUT2D eigenvalue weighted by molar-refractivity contribution is 0.357. The molecule has 0 radical (unpaired) electrons. The molecule has 1 heterocycles. The van der Waals surface area contributed by atoms with Crippen LogP contribution in [-0.4, -0.2) is 45.2 Å². The minimum absolute atomic E-state index is 0.531. The molecule has 0 saturated carbocycles. The summed E-state index contributed by atoms with van der Waals surface area (Å²) in [5.41, 5.74) is 2.53. The summed E-state index contributed by atoms with van der Waals surface area (Å²) in [5, 5.41) is 3.36. The number of rotatable bonds is 8. The molecule has 0 atom stereocenters. The van der Waals surface area contributed by atoms with Gasteiger partial charge in [-0.2, -0.15) is 0 Å². The van der Waals surface area contributed by atoms with E-state index in [1.54, 1.807) is 0 Å². The fourth-order valence-electron chi connectivity index (χ4n) is 2.52. The third-order valence-corrected chi connectivity index (χ3v) is 5.04. The van der Waals surface area contributed by atoms with E-state index in [0.717, 1.165) is 38.3 Å². The molecule has 0 amide bonds. The zero-order valence-electron chi connectivity index (χ0n) is 12.8. The molecule has 6 heteroatoms. The van der Waals surface area contributed by atoms with Crippen molar-refractivity contribution < 1.29 is 13.2 Å². The maximum absolute atomic E-state index is 11.4. The second-order valence-electron chi connectivity index (χ2n) is 5.33. The number of nitrogens with one attached hydrogen (secondary N) is 1. The quantitative estimate of drug-likeness (QED) is 0.737. The summed E-state index contributed by atoms with van der Waals surface area (Å²) in [5.74, 6) is 1.01. The summed E-state index contributed by atoms with van der Waals surface area (Å²) < 4.78 is 29.9. The molecule has 1 N–H and O–H groups in total. The van der Waals surface area contributed by atoms with Crippen LogP contribution in [-0.2, 0) is 23.0 Å². The third kappa shape index (κ3) is 4.69. The van der Waals surface area contributed by atoms with Gasteiger partial charge in [0, 0.05) is 26.1 Å². The van der Waals surface area contributed by atoms with Crippen LogP contribution in [0.2, 0.25) is 0 Å². The summed E-state index contributed by atoms with van der Waals surface area (Å²) in [6.45, 7) is 5.35. The van der Waals surface area contributed by atoms with Crippen molar-refractivity contribution >= 4 is 10.0 Å². The van der Waals surface area contributed by atoms with Crippen LogP contribution in [0.1, 0.15) is 24.5 Å². The van der Waals surface area contributed by atoms with Crippen LogP contribution in [0.3, 0.4) is 0 Å². The number of benzene rings is 1. The largest absolute Gasteiger partial charge is 0.493 e. The first-order valence-electron chi connectivity index (χ1n) is 7.41. The van der Waals surface area contributed by atoms with E-state index in [1.807, 2.05) is 13.0 Å². The average Bonchev–Trinajstić information content (AvgIpc) is 2.88. The van der Waals surface area contributed by atoms with Crippen LogP contribution in [0.15, 0.2) is 18.2 Å². The Balaban J connectivity index is 1.70. The highest BCUT2D eigenvalue weighted by Gasteiger charge is 2.13. The fourth-order valence-corrected chi connectivity index (χ4v) is 3.45. The SMILES string of the molecule is CCN(CCCNCc1ccc2c(c1)CCO2)S(C)(=O)=O. The Morgan fingerprint density at radius 3 is 2.90 bits per heavy atom. The second-order valence-corrected chi connectivity index (χ2v) is 7.31. The summed E-state index contributed by atoms with van der Waals surface area (Å²) >= 11 is 0. The topological polar surface area (TPSA) is 58.6 Å². The normalized spacial score (nSPS) is 14.2. The van der Waals surface area contributed by atoms with Gasteiger partial charge in [0.25, 0.3) is 0 Å². The molecule has 5 nitrogen and oxygen atoms in total.